The summed E-state index contributed by atoms with van der Waals surface area (Å²) in [5, 5.41) is 0. The lowest BCUT2D eigenvalue weighted by molar-refractivity contribution is 0.109. The van der Waals surface area contributed by atoms with Gasteiger partial charge in [0.25, 0.3) is 0 Å². The van der Waals surface area contributed by atoms with E-state index in [2.05, 4.69) is 0 Å². The molecule has 1 rings (SSSR count). The molecule has 0 bridgehead atoms. The molecule has 1 aromatic rings. The first kappa shape index (κ1) is 13.8. The standard InChI is InChI=1S/C13H21NO3/c1-4-16-7-8-17-12-6-5-11(10(2)14)9-13(12)15-3/h5-6,9-10H,4,7-8,14H2,1-3H3/t10-/m1/s1. The Balaban J connectivity index is 2.65. The van der Waals surface area contributed by atoms with E-state index < -0.39 is 0 Å². The fourth-order valence-corrected chi connectivity index (χ4v) is 1.44. The van der Waals surface area contributed by atoms with Gasteiger partial charge in [0.15, 0.2) is 11.5 Å². The fraction of sp³-hybridized carbons (Fsp3) is 0.538. The Hall–Kier alpha value is -1.26. The minimum atomic E-state index is -0.0126. The van der Waals surface area contributed by atoms with Crippen LogP contribution in [0.1, 0.15) is 25.5 Å². The second-order valence-corrected chi connectivity index (χ2v) is 3.74. The summed E-state index contributed by atoms with van der Waals surface area (Å²) in [7, 11) is 1.62. The van der Waals surface area contributed by atoms with E-state index in [9.17, 15) is 0 Å². The lowest BCUT2D eigenvalue weighted by Crippen LogP contribution is -2.08. The van der Waals surface area contributed by atoms with Crippen molar-refractivity contribution in [1.29, 1.82) is 0 Å². The van der Waals surface area contributed by atoms with Crippen LogP contribution in [0.4, 0.5) is 0 Å². The van der Waals surface area contributed by atoms with E-state index in [-0.39, 0.29) is 6.04 Å². The van der Waals surface area contributed by atoms with Gasteiger partial charge in [-0.3, -0.25) is 0 Å². The lowest BCUT2D eigenvalue weighted by Gasteiger charge is -2.13. The van der Waals surface area contributed by atoms with Crippen LogP contribution in [0.25, 0.3) is 0 Å². The molecule has 4 heteroatoms. The highest BCUT2D eigenvalue weighted by Gasteiger charge is 2.07. The number of methoxy groups -OCH3 is 1. The molecule has 0 aliphatic carbocycles. The van der Waals surface area contributed by atoms with Crippen molar-refractivity contribution in [3.63, 3.8) is 0 Å². The molecule has 4 nitrogen and oxygen atoms in total. The third-order valence-electron chi connectivity index (χ3n) is 2.40. The van der Waals surface area contributed by atoms with E-state index in [1.54, 1.807) is 7.11 Å². The van der Waals surface area contributed by atoms with Crippen LogP contribution in [0.2, 0.25) is 0 Å². The van der Waals surface area contributed by atoms with Crippen LogP contribution in [0, 0.1) is 0 Å². The smallest absolute Gasteiger partial charge is 0.161 e. The third kappa shape index (κ3) is 4.24. The van der Waals surface area contributed by atoms with Gasteiger partial charge in [0, 0.05) is 12.6 Å². The minimum Gasteiger partial charge on any atom is -0.493 e. The Morgan fingerprint density at radius 2 is 2.00 bits per heavy atom. The Bertz CT molecular complexity index is 339. The van der Waals surface area contributed by atoms with Gasteiger partial charge in [-0.15, -0.1) is 0 Å². The predicted octanol–water partition coefficient (Wildman–Crippen LogP) is 2.13. The van der Waals surface area contributed by atoms with Crippen LogP contribution >= 0.6 is 0 Å². The van der Waals surface area contributed by atoms with Crippen molar-refractivity contribution < 1.29 is 14.2 Å². The van der Waals surface area contributed by atoms with Crippen LogP contribution in [-0.4, -0.2) is 26.9 Å². The monoisotopic (exact) mass is 239 g/mol. The first-order chi connectivity index (χ1) is 8.19. The lowest BCUT2D eigenvalue weighted by atomic mass is 10.1. The van der Waals surface area contributed by atoms with Gasteiger partial charge in [0.1, 0.15) is 6.61 Å². The van der Waals surface area contributed by atoms with Crippen molar-refractivity contribution in [2.24, 2.45) is 5.73 Å². The van der Waals surface area contributed by atoms with E-state index in [0.717, 1.165) is 11.3 Å². The summed E-state index contributed by atoms with van der Waals surface area (Å²) in [6.07, 6.45) is 0. The molecular formula is C13H21NO3. The number of ether oxygens (including phenoxy) is 3. The molecule has 0 unspecified atom stereocenters. The Kier molecular flexibility index (Phi) is 5.80. The van der Waals surface area contributed by atoms with Gasteiger partial charge >= 0.3 is 0 Å². The molecule has 0 radical (unpaired) electrons. The molecular weight excluding hydrogens is 218 g/mol. The summed E-state index contributed by atoms with van der Waals surface area (Å²) in [6.45, 7) is 5.68. The topological polar surface area (TPSA) is 53.7 Å². The maximum Gasteiger partial charge on any atom is 0.161 e. The van der Waals surface area contributed by atoms with Crippen molar-refractivity contribution in [2.75, 3.05) is 26.9 Å². The molecule has 1 aromatic carbocycles. The third-order valence-corrected chi connectivity index (χ3v) is 2.40. The van der Waals surface area contributed by atoms with Crippen molar-refractivity contribution in [3.8, 4) is 11.5 Å². The molecule has 2 N–H and O–H groups in total. The average Bonchev–Trinajstić information content (AvgIpc) is 2.34. The first-order valence-corrected chi connectivity index (χ1v) is 5.83. The number of benzene rings is 1. The van der Waals surface area contributed by atoms with Gasteiger partial charge in [-0.25, -0.2) is 0 Å². The summed E-state index contributed by atoms with van der Waals surface area (Å²) in [5.74, 6) is 1.42. The maximum absolute atomic E-state index is 5.81. The van der Waals surface area contributed by atoms with Crippen molar-refractivity contribution in [2.45, 2.75) is 19.9 Å². The van der Waals surface area contributed by atoms with Gasteiger partial charge in [-0.1, -0.05) is 6.07 Å². The molecule has 17 heavy (non-hydrogen) atoms. The quantitative estimate of drug-likeness (QED) is 0.741. The highest BCUT2D eigenvalue weighted by atomic mass is 16.5. The van der Waals surface area contributed by atoms with E-state index in [0.29, 0.717) is 25.6 Å². The zero-order chi connectivity index (χ0) is 12.7. The molecule has 0 aromatic heterocycles. The van der Waals surface area contributed by atoms with Gasteiger partial charge in [-0.05, 0) is 31.5 Å². The second kappa shape index (κ2) is 7.14. The van der Waals surface area contributed by atoms with E-state index >= 15 is 0 Å². The molecule has 0 aliphatic rings. The number of hydrogen-bond donors (Lipinski definition) is 1. The minimum absolute atomic E-state index is 0.0126. The highest BCUT2D eigenvalue weighted by molar-refractivity contribution is 5.43. The van der Waals surface area contributed by atoms with Gasteiger partial charge in [0.05, 0.1) is 13.7 Å². The van der Waals surface area contributed by atoms with E-state index in [4.69, 9.17) is 19.9 Å². The number of nitrogens with two attached hydrogens (primary N) is 1. The molecule has 0 spiro atoms. The van der Waals surface area contributed by atoms with Crippen LogP contribution < -0.4 is 15.2 Å². The molecule has 0 saturated carbocycles. The van der Waals surface area contributed by atoms with Crippen LogP contribution in [0.5, 0.6) is 11.5 Å². The molecule has 0 aliphatic heterocycles. The average molecular weight is 239 g/mol. The summed E-state index contributed by atoms with van der Waals surface area (Å²) in [4.78, 5) is 0. The zero-order valence-corrected chi connectivity index (χ0v) is 10.7. The Labute approximate surface area is 103 Å². The predicted molar refractivity (Wildman–Crippen MR) is 67.6 cm³/mol. The van der Waals surface area contributed by atoms with Gasteiger partial charge in [-0.2, -0.15) is 0 Å². The van der Waals surface area contributed by atoms with Crippen molar-refractivity contribution in [1.82, 2.24) is 0 Å². The largest absolute Gasteiger partial charge is 0.493 e. The van der Waals surface area contributed by atoms with Crippen LogP contribution in [0.15, 0.2) is 18.2 Å². The molecule has 1 atom stereocenters. The summed E-state index contributed by atoms with van der Waals surface area (Å²) >= 11 is 0. The molecule has 0 heterocycles. The van der Waals surface area contributed by atoms with Gasteiger partial charge in [0.2, 0.25) is 0 Å². The van der Waals surface area contributed by atoms with Crippen LogP contribution in [0.3, 0.4) is 0 Å². The summed E-state index contributed by atoms with van der Waals surface area (Å²) in [6, 6.07) is 5.72. The zero-order valence-electron chi connectivity index (χ0n) is 10.7. The SMILES string of the molecule is CCOCCOc1ccc([C@@H](C)N)cc1OC. The normalized spacial score (nSPS) is 12.2. The summed E-state index contributed by atoms with van der Waals surface area (Å²) in [5.41, 5.74) is 6.84. The molecule has 0 saturated heterocycles. The van der Waals surface area contributed by atoms with Crippen LogP contribution in [-0.2, 0) is 4.74 Å². The van der Waals surface area contributed by atoms with Crippen molar-refractivity contribution >= 4 is 0 Å². The first-order valence-electron chi connectivity index (χ1n) is 5.83. The molecule has 0 fully saturated rings. The van der Waals surface area contributed by atoms with Gasteiger partial charge < -0.3 is 19.9 Å². The Morgan fingerprint density at radius 3 is 2.59 bits per heavy atom. The summed E-state index contributed by atoms with van der Waals surface area (Å²) < 4.78 is 16.1. The number of rotatable bonds is 7. The van der Waals surface area contributed by atoms with E-state index in [1.165, 1.54) is 0 Å². The molecule has 96 valence electrons. The highest BCUT2D eigenvalue weighted by Crippen LogP contribution is 2.29. The molecule has 0 amide bonds. The van der Waals surface area contributed by atoms with E-state index in [1.807, 2.05) is 32.0 Å². The Morgan fingerprint density at radius 1 is 1.24 bits per heavy atom. The fourth-order valence-electron chi connectivity index (χ4n) is 1.44. The van der Waals surface area contributed by atoms with Crippen molar-refractivity contribution in [3.05, 3.63) is 23.8 Å². The second-order valence-electron chi connectivity index (χ2n) is 3.74. The maximum atomic E-state index is 5.81. The number of hydrogen-bond acceptors (Lipinski definition) is 4.